The normalized spacial score (nSPS) is 12.7. The van der Waals surface area contributed by atoms with Gasteiger partial charge in [0.25, 0.3) is 0 Å². The van der Waals surface area contributed by atoms with E-state index < -0.39 is 0 Å². The minimum Gasteiger partial charge on any atom is -0.383 e. The Morgan fingerprint density at radius 1 is 0.947 bits per heavy atom. The highest BCUT2D eigenvalue weighted by Gasteiger charge is 2.27. The highest BCUT2D eigenvalue weighted by molar-refractivity contribution is 5.84. The summed E-state index contributed by atoms with van der Waals surface area (Å²) < 4.78 is 11.0. The average molecular weight is 509 g/mol. The maximum atomic E-state index is 5.16. The molecule has 0 radical (unpaired) electrons. The fourth-order valence-corrected chi connectivity index (χ4v) is 5.09. The van der Waals surface area contributed by atoms with Gasteiger partial charge in [-0.1, -0.05) is 24.3 Å². The summed E-state index contributed by atoms with van der Waals surface area (Å²) in [4.78, 5) is 9.76. The minimum atomic E-state index is 0.336. The van der Waals surface area contributed by atoms with Gasteiger partial charge in [-0.05, 0) is 43.4 Å². The second kappa shape index (κ2) is 9.98. The minimum absolute atomic E-state index is 0.336. The van der Waals surface area contributed by atoms with Crippen LogP contribution in [0.5, 0.6) is 0 Å². The lowest BCUT2D eigenvalue weighted by molar-refractivity contribution is 0.183. The Morgan fingerprint density at radius 3 is 2.53 bits per heavy atom. The second-order valence-electron chi connectivity index (χ2n) is 10.1. The molecule has 0 saturated carbocycles. The Labute approximate surface area is 222 Å². The lowest BCUT2D eigenvalue weighted by atomic mass is 9.91. The number of aryl methyl sites for hydroxylation is 3. The van der Waals surface area contributed by atoms with Gasteiger partial charge in [-0.25, -0.2) is 9.97 Å². The molecule has 0 bridgehead atoms. The zero-order valence-electron chi connectivity index (χ0n) is 22.3. The molecule has 1 aliphatic rings. The lowest BCUT2D eigenvalue weighted by Gasteiger charge is -2.16. The molecule has 0 amide bonds. The number of aromatic nitrogens is 8. The molecule has 9 heteroatoms. The summed E-state index contributed by atoms with van der Waals surface area (Å²) in [6.07, 6.45) is 12.3. The number of fused-ring (bicyclic) bond motifs is 3. The van der Waals surface area contributed by atoms with Crippen molar-refractivity contribution in [3.63, 3.8) is 0 Å². The number of hydrogen-bond donors (Lipinski definition) is 0. The average Bonchev–Trinajstić information content (AvgIpc) is 3.66. The number of nitrogens with zero attached hydrogens (tertiary/aromatic N) is 8. The van der Waals surface area contributed by atoms with Gasteiger partial charge < -0.3 is 4.74 Å². The molecule has 0 unspecified atom stereocenters. The molecule has 0 spiro atoms. The molecule has 0 aliphatic heterocycles. The number of methoxy groups -OCH3 is 1. The Bertz CT molecular complexity index is 1570. The van der Waals surface area contributed by atoms with Gasteiger partial charge in [0.15, 0.2) is 0 Å². The standard InChI is InChI=1S/C29H32N8O/c1-19(2)37-18-24(16-32-37)21-5-7-22(8-6-21)29-27-25(34-35(29)3)10-9-23-15-30-26(33-28(23)27)13-20-14-31-36(17-20)11-12-38-4/h5-8,14-19H,9-13H2,1-4H3. The molecule has 9 nitrogen and oxygen atoms in total. The van der Waals surface area contributed by atoms with E-state index in [9.17, 15) is 0 Å². The maximum absolute atomic E-state index is 5.16. The third-order valence-corrected chi connectivity index (χ3v) is 7.10. The monoisotopic (exact) mass is 508 g/mol. The first-order valence-corrected chi connectivity index (χ1v) is 13.1. The van der Waals surface area contributed by atoms with Crippen molar-refractivity contribution in [2.24, 2.45) is 7.05 Å². The van der Waals surface area contributed by atoms with Crippen LogP contribution in [0.4, 0.5) is 0 Å². The summed E-state index contributed by atoms with van der Waals surface area (Å²) in [5.74, 6) is 0.787. The quantitative estimate of drug-likeness (QED) is 0.306. The fraction of sp³-hybridized carbons (Fsp3) is 0.345. The highest BCUT2D eigenvalue weighted by atomic mass is 16.5. The van der Waals surface area contributed by atoms with Crippen molar-refractivity contribution in [1.82, 2.24) is 39.3 Å². The van der Waals surface area contributed by atoms with Crippen LogP contribution in [-0.2, 0) is 37.6 Å². The van der Waals surface area contributed by atoms with Crippen molar-refractivity contribution in [2.75, 3.05) is 13.7 Å². The fourth-order valence-electron chi connectivity index (χ4n) is 5.09. The number of benzene rings is 1. The molecule has 4 aromatic heterocycles. The summed E-state index contributed by atoms with van der Waals surface area (Å²) in [6.45, 7) is 5.62. The molecule has 0 saturated heterocycles. The molecule has 4 heterocycles. The molecule has 0 fully saturated rings. The summed E-state index contributed by atoms with van der Waals surface area (Å²) in [5, 5.41) is 13.8. The van der Waals surface area contributed by atoms with Crippen LogP contribution in [0.15, 0.2) is 55.2 Å². The zero-order chi connectivity index (χ0) is 26.2. The van der Waals surface area contributed by atoms with E-state index in [1.54, 1.807) is 7.11 Å². The SMILES string of the molecule is COCCn1cc(Cc2ncc3c(n2)-c2c(nn(C)c2-c2ccc(-c4cnn(C(C)C)c4)cc2)CC3)cn1. The Hall–Kier alpha value is -4.11. The first-order chi connectivity index (χ1) is 18.5. The molecule has 194 valence electrons. The van der Waals surface area contributed by atoms with Crippen LogP contribution in [0.25, 0.3) is 33.6 Å². The first kappa shape index (κ1) is 24.2. The largest absolute Gasteiger partial charge is 0.383 e. The highest BCUT2D eigenvalue weighted by Crippen LogP contribution is 2.39. The molecule has 6 rings (SSSR count). The number of ether oxygens (including phenoxy) is 1. The van der Waals surface area contributed by atoms with Crippen LogP contribution < -0.4 is 0 Å². The van der Waals surface area contributed by atoms with Crippen LogP contribution in [0.1, 0.15) is 42.5 Å². The van der Waals surface area contributed by atoms with Crippen molar-refractivity contribution in [3.8, 4) is 33.6 Å². The first-order valence-electron chi connectivity index (χ1n) is 13.1. The van der Waals surface area contributed by atoms with Crippen molar-refractivity contribution in [2.45, 2.75) is 45.7 Å². The van der Waals surface area contributed by atoms with E-state index in [2.05, 4.69) is 54.5 Å². The second-order valence-corrected chi connectivity index (χ2v) is 10.1. The molecule has 0 atom stereocenters. The molecule has 5 aromatic rings. The lowest BCUT2D eigenvalue weighted by Crippen LogP contribution is -2.09. The maximum Gasteiger partial charge on any atom is 0.133 e. The van der Waals surface area contributed by atoms with Gasteiger partial charge >= 0.3 is 0 Å². The van der Waals surface area contributed by atoms with Gasteiger partial charge in [-0.2, -0.15) is 15.3 Å². The topological polar surface area (TPSA) is 88.5 Å². The van der Waals surface area contributed by atoms with Crippen molar-refractivity contribution >= 4 is 0 Å². The van der Waals surface area contributed by atoms with Crippen LogP contribution >= 0.6 is 0 Å². The zero-order valence-corrected chi connectivity index (χ0v) is 22.3. The number of hydrogen-bond acceptors (Lipinski definition) is 6. The number of rotatable bonds is 8. The van der Waals surface area contributed by atoms with E-state index in [1.165, 1.54) is 5.56 Å². The van der Waals surface area contributed by atoms with Gasteiger partial charge in [0, 0.05) is 61.9 Å². The molecule has 38 heavy (non-hydrogen) atoms. The predicted molar refractivity (Wildman–Crippen MR) is 146 cm³/mol. The van der Waals surface area contributed by atoms with Crippen LogP contribution in [0, 0.1) is 0 Å². The van der Waals surface area contributed by atoms with Gasteiger partial charge in [-0.15, -0.1) is 0 Å². The Balaban J connectivity index is 1.32. The molecule has 1 aromatic carbocycles. The van der Waals surface area contributed by atoms with E-state index >= 15 is 0 Å². The van der Waals surface area contributed by atoms with Gasteiger partial charge in [-0.3, -0.25) is 14.0 Å². The van der Waals surface area contributed by atoms with Crippen LogP contribution in [0.3, 0.4) is 0 Å². The Morgan fingerprint density at radius 2 is 1.76 bits per heavy atom. The van der Waals surface area contributed by atoms with Gasteiger partial charge in [0.1, 0.15) is 5.82 Å². The van der Waals surface area contributed by atoms with Gasteiger partial charge in [0.2, 0.25) is 0 Å². The third-order valence-electron chi connectivity index (χ3n) is 7.10. The summed E-state index contributed by atoms with van der Waals surface area (Å²) >= 11 is 0. The van der Waals surface area contributed by atoms with Crippen molar-refractivity contribution < 1.29 is 4.74 Å². The summed E-state index contributed by atoms with van der Waals surface area (Å²) in [5.41, 5.74) is 9.93. The molecule has 0 N–H and O–H groups in total. The van der Waals surface area contributed by atoms with Crippen molar-refractivity contribution in [1.29, 1.82) is 0 Å². The van der Waals surface area contributed by atoms with Crippen LogP contribution in [0.2, 0.25) is 0 Å². The summed E-state index contributed by atoms with van der Waals surface area (Å²) in [6, 6.07) is 9.00. The van der Waals surface area contributed by atoms with E-state index in [0.717, 1.165) is 70.1 Å². The van der Waals surface area contributed by atoms with Gasteiger partial charge in [0.05, 0.1) is 42.6 Å². The van der Waals surface area contributed by atoms with Crippen LogP contribution in [-0.4, -0.2) is 53.0 Å². The van der Waals surface area contributed by atoms with Crippen molar-refractivity contribution in [3.05, 3.63) is 77.9 Å². The molecule has 1 aliphatic carbocycles. The smallest absolute Gasteiger partial charge is 0.133 e. The Kier molecular flexibility index (Phi) is 6.37. The molecular weight excluding hydrogens is 476 g/mol. The van der Waals surface area contributed by atoms with E-state index in [-0.39, 0.29) is 0 Å². The predicted octanol–water partition coefficient (Wildman–Crippen LogP) is 4.52. The summed E-state index contributed by atoms with van der Waals surface area (Å²) in [7, 11) is 3.72. The van der Waals surface area contributed by atoms with E-state index in [4.69, 9.17) is 19.8 Å². The van der Waals surface area contributed by atoms with E-state index in [1.807, 2.05) is 45.9 Å². The molecular formula is C29H32N8O. The third kappa shape index (κ3) is 4.54. The van der Waals surface area contributed by atoms with E-state index in [0.29, 0.717) is 19.1 Å².